The molecule has 1 saturated heterocycles. The molecular weight excluding hydrogens is 316 g/mol. The van der Waals surface area contributed by atoms with Crippen LogP contribution in [0.5, 0.6) is 0 Å². The van der Waals surface area contributed by atoms with Crippen molar-refractivity contribution in [3.63, 3.8) is 0 Å². The standard InChI is InChI=1S/C13H18BrClN2O/c1-13(2)7-9(5-6-18-13)8-16-11-4-3-10(15)12(14)17-11/h3-4,9H,5-8H2,1-2H3,(H,16,17)/t9-/m0/s1. The number of aromatic nitrogens is 1. The van der Waals surface area contributed by atoms with Crippen LogP contribution in [-0.4, -0.2) is 23.7 Å². The van der Waals surface area contributed by atoms with Crippen LogP contribution < -0.4 is 5.32 Å². The molecule has 5 heteroatoms. The van der Waals surface area contributed by atoms with Gasteiger partial charge in [0.1, 0.15) is 10.4 Å². The molecule has 0 bridgehead atoms. The zero-order chi connectivity index (χ0) is 13.2. The number of ether oxygens (including phenoxy) is 1. The van der Waals surface area contributed by atoms with E-state index in [1.54, 1.807) is 0 Å². The molecule has 0 spiro atoms. The summed E-state index contributed by atoms with van der Waals surface area (Å²) in [5.74, 6) is 1.49. The first-order valence-electron chi connectivity index (χ1n) is 6.16. The van der Waals surface area contributed by atoms with Gasteiger partial charge in [-0.1, -0.05) is 11.6 Å². The van der Waals surface area contributed by atoms with Crippen molar-refractivity contribution in [2.45, 2.75) is 32.3 Å². The lowest BCUT2D eigenvalue weighted by atomic mass is 9.88. The van der Waals surface area contributed by atoms with Gasteiger partial charge in [0.15, 0.2) is 0 Å². The summed E-state index contributed by atoms with van der Waals surface area (Å²) in [5, 5.41) is 4.00. The second kappa shape index (κ2) is 5.76. The van der Waals surface area contributed by atoms with E-state index in [1.807, 2.05) is 12.1 Å². The monoisotopic (exact) mass is 332 g/mol. The number of rotatable bonds is 3. The van der Waals surface area contributed by atoms with Crippen LogP contribution in [0.2, 0.25) is 5.02 Å². The van der Waals surface area contributed by atoms with Gasteiger partial charge in [0, 0.05) is 13.2 Å². The maximum absolute atomic E-state index is 5.91. The van der Waals surface area contributed by atoms with Gasteiger partial charge in [-0.05, 0) is 60.7 Å². The van der Waals surface area contributed by atoms with Gasteiger partial charge in [-0.3, -0.25) is 0 Å². The molecule has 1 fully saturated rings. The number of halogens is 2. The number of anilines is 1. The molecule has 1 N–H and O–H groups in total. The third kappa shape index (κ3) is 3.84. The van der Waals surface area contributed by atoms with E-state index in [2.05, 4.69) is 40.1 Å². The highest BCUT2D eigenvalue weighted by Crippen LogP contribution is 2.29. The molecule has 0 radical (unpaired) electrons. The molecule has 0 aliphatic carbocycles. The second-order valence-electron chi connectivity index (χ2n) is 5.32. The van der Waals surface area contributed by atoms with Crippen molar-refractivity contribution in [2.75, 3.05) is 18.5 Å². The normalized spacial score (nSPS) is 22.8. The maximum Gasteiger partial charge on any atom is 0.127 e. The Morgan fingerprint density at radius 3 is 3.00 bits per heavy atom. The highest BCUT2D eigenvalue weighted by atomic mass is 79.9. The van der Waals surface area contributed by atoms with Crippen molar-refractivity contribution in [1.29, 1.82) is 0 Å². The van der Waals surface area contributed by atoms with E-state index < -0.39 is 0 Å². The molecule has 2 heterocycles. The average Bonchev–Trinajstić information content (AvgIpc) is 2.29. The van der Waals surface area contributed by atoms with Crippen molar-refractivity contribution in [3.8, 4) is 0 Å². The summed E-state index contributed by atoms with van der Waals surface area (Å²) >= 11 is 9.24. The van der Waals surface area contributed by atoms with E-state index in [0.717, 1.165) is 31.8 Å². The molecule has 2 rings (SSSR count). The van der Waals surface area contributed by atoms with Crippen LogP contribution in [0.4, 0.5) is 5.82 Å². The zero-order valence-corrected chi connectivity index (χ0v) is 13.0. The Bertz CT molecular complexity index is 425. The quantitative estimate of drug-likeness (QED) is 0.845. The van der Waals surface area contributed by atoms with Crippen molar-refractivity contribution in [2.24, 2.45) is 5.92 Å². The average molecular weight is 334 g/mol. The van der Waals surface area contributed by atoms with E-state index in [9.17, 15) is 0 Å². The van der Waals surface area contributed by atoms with Crippen molar-refractivity contribution in [1.82, 2.24) is 4.98 Å². The van der Waals surface area contributed by atoms with Gasteiger partial charge in [-0.2, -0.15) is 0 Å². The number of hydrogen-bond acceptors (Lipinski definition) is 3. The number of pyridine rings is 1. The Morgan fingerprint density at radius 1 is 1.56 bits per heavy atom. The van der Waals surface area contributed by atoms with E-state index in [-0.39, 0.29) is 5.60 Å². The highest BCUT2D eigenvalue weighted by molar-refractivity contribution is 9.10. The Labute approximate surface area is 121 Å². The summed E-state index contributed by atoms with van der Waals surface area (Å²) < 4.78 is 6.40. The van der Waals surface area contributed by atoms with E-state index in [4.69, 9.17) is 16.3 Å². The minimum atomic E-state index is -0.00138. The molecule has 0 unspecified atom stereocenters. The molecule has 0 amide bonds. The lowest BCUT2D eigenvalue weighted by Gasteiger charge is -2.35. The summed E-state index contributed by atoms with van der Waals surface area (Å²) in [6.45, 7) is 6.07. The minimum absolute atomic E-state index is 0.00138. The Morgan fingerprint density at radius 2 is 2.33 bits per heavy atom. The first-order chi connectivity index (χ1) is 8.46. The third-order valence-electron chi connectivity index (χ3n) is 3.17. The number of nitrogens with zero attached hydrogens (tertiary/aromatic N) is 1. The smallest absolute Gasteiger partial charge is 0.127 e. The van der Waals surface area contributed by atoms with E-state index in [0.29, 0.717) is 15.5 Å². The van der Waals surface area contributed by atoms with Crippen molar-refractivity contribution < 1.29 is 4.74 Å². The molecule has 100 valence electrons. The van der Waals surface area contributed by atoms with Gasteiger partial charge in [0.25, 0.3) is 0 Å². The van der Waals surface area contributed by atoms with Crippen molar-refractivity contribution in [3.05, 3.63) is 21.8 Å². The topological polar surface area (TPSA) is 34.2 Å². The van der Waals surface area contributed by atoms with Gasteiger partial charge in [-0.15, -0.1) is 0 Å². The maximum atomic E-state index is 5.91. The summed E-state index contributed by atoms with van der Waals surface area (Å²) in [7, 11) is 0. The molecule has 3 nitrogen and oxygen atoms in total. The Hall–Kier alpha value is -0.320. The van der Waals surface area contributed by atoms with Gasteiger partial charge in [0.05, 0.1) is 10.6 Å². The summed E-state index contributed by atoms with van der Waals surface area (Å²) in [6, 6.07) is 3.74. The van der Waals surface area contributed by atoms with Gasteiger partial charge < -0.3 is 10.1 Å². The fourth-order valence-corrected chi connectivity index (χ4v) is 2.73. The third-order valence-corrected chi connectivity index (χ3v) is 4.31. The zero-order valence-electron chi connectivity index (χ0n) is 10.7. The van der Waals surface area contributed by atoms with Crippen LogP contribution in [0.25, 0.3) is 0 Å². The van der Waals surface area contributed by atoms with Crippen LogP contribution in [0, 0.1) is 5.92 Å². The van der Waals surface area contributed by atoms with Crippen LogP contribution in [0.1, 0.15) is 26.7 Å². The molecule has 1 aromatic heterocycles. The summed E-state index contributed by atoms with van der Waals surface area (Å²) in [5.41, 5.74) is -0.00138. The van der Waals surface area contributed by atoms with Crippen LogP contribution in [0.3, 0.4) is 0 Å². The summed E-state index contributed by atoms with van der Waals surface area (Å²) in [6.07, 6.45) is 2.18. The summed E-state index contributed by atoms with van der Waals surface area (Å²) in [4.78, 5) is 4.34. The molecule has 18 heavy (non-hydrogen) atoms. The van der Waals surface area contributed by atoms with E-state index >= 15 is 0 Å². The molecule has 1 aliphatic heterocycles. The van der Waals surface area contributed by atoms with Crippen LogP contribution in [0.15, 0.2) is 16.7 Å². The predicted molar refractivity (Wildman–Crippen MR) is 78.2 cm³/mol. The lowest BCUT2D eigenvalue weighted by molar-refractivity contribution is -0.0699. The van der Waals surface area contributed by atoms with Crippen LogP contribution in [-0.2, 0) is 4.74 Å². The molecule has 1 aromatic rings. The molecule has 1 atom stereocenters. The van der Waals surface area contributed by atoms with Crippen molar-refractivity contribution >= 4 is 33.3 Å². The molecule has 0 saturated carbocycles. The van der Waals surface area contributed by atoms with E-state index in [1.165, 1.54) is 0 Å². The van der Waals surface area contributed by atoms with Gasteiger partial charge >= 0.3 is 0 Å². The number of nitrogens with one attached hydrogen (secondary N) is 1. The molecule has 0 aromatic carbocycles. The lowest BCUT2D eigenvalue weighted by Crippen LogP contribution is -2.36. The number of hydrogen-bond donors (Lipinski definition) is 1. The largest absolute Gasteiger partial charge is 0.376 e. The fraction of sp³-hybridized carbons (Fsp3) is 0.615. The van der Waals surface area contributed by atoms with Crippen LogP contribution >= 0.6 is 27.5 Å². The Balaban J connectivity index is 1.89. The highest BCUT2D eigenvalue weighted by Gasteiger charge is 2.28. The molecular formula is C13H18BrClN2O. The molecule has 1 aliphatic rings. The first kappa shape index (κ1) is 14.1. The van der Waals surface area contributed by atoms with Gasteiger partial charge in [0.2, 0.25) is 0 Å². The fourth-order valence-electron chi connectivity index (χ4n) is 2.30. The second-order valence-corrected chi connectivity index (χ2v) is 6.48. The minimum Gasteiger partial charge on any atom is -0.376 e. The Kier molecular flexibility index (Phi) is 4.51. The SMILES string of the molecule is CC1(C)C[C@@H](CNc2ccc(Cl)c(Br)n2)CCO1. The first-order valence-corrected chi connectivity index (χ1v) is 7.33. The predicted octanol–water partition coefficient (Wildman–Crippen LogP) is 4.11. The van der Waals surface area contributed by atoms with Gasteiger partial charge in [-0.25, -0.2) is 4.98 Å².